The van der Waals surface area contributed by atoms with Crippen LogP contribution in [0.15, 0.2) is 54.9 Å². The summed E-state index contributed by atoms with van der Waals surface area (Å²) in [5.74, 6) is -6.23. The van der Waals surface area contributed by atoms with Gasteiger partial charge in [-0.3, -0.25) is 14.7 Å². The van der Waals surface area contributed by atoms with Crippen molar-refractivity contribution in [3.05, 3.63) is 77.8 Å². The average Bonchev–Trinajstić information content (AvgIpc) is 2.89. The highest BCUT2D eigenvalue weighted by molar-refractivity contribution is 5.93. The van der Waals surface area contributed by atoms with Crippen LogP contribution in [0.25, 0.3) is 0 Å². The molecule has 1 saturated heterocycles. The van der Waals surface area contributed by atoms with Gasteiger partial charge in [0, 0.05) is 31.8 Å². The molecule has 13 heteroatoms. The molecule has 0 aliphatic carbocycles. The Kier molecular flexibility index (Phi) is 8.29. The molecule has 0 saturated carbocycles. The second kappa shape index (κ2) is 11.6. The Morgan fingerprint density at radius 1 is 1.18 bits per heavy atom. The van der Waals surface area contributed by atoms with Gasteiger partial charge in [0.1, 0.15) is 17.4 Å². The molecule has 0 spiro atoms. The van der Waals surface area contributed by atoms with Gasteiger partial charge in [-0.15, -0.1) is 0 Å². The summed E-state index contributed by atoms with van der Waals surface area (Å²) in [7, 11) is 0. The molecule has 1 aromatic carbocycles. The quantitative estimate of drug-likeness (QED) is 0.348. The van der Waals surface area contributed by atoms with Crippen molar-refractivity contribution < 1.29 is 37.0 Å². The summed E-state index contributed by atoms with van der Waals surface area (Å²) in [5, 5.41) is 13.6. The van der Waals surface area contributed by atoms with Crippen molar-refractivity contribution in [3.8, 4) is 11.5 Å². The molecule has 2 aromatic heterocycles. The molecule has 2 atom stereocenters. The number of hydrogen-bond donors (Lipinski definition) is 3. The molecule has 39 heavy (non-hydrogen) atoms. The summed E-state index contributed by atoms with van der Waals surface area (Å²) >= 11 is 0. The molecule has 3 heterocycles. The van der Waals surface area contributed by atoms with E-state index in [0.29, 0.717) is 17.3 Å². The number of likely N-dealkylation sites (tertiary alicyclic amines) is 1. The van der Waals surface area contributed by atoms with Crippen molar-refractivity contribution in [3.63, 3.8) is 0 Å². The lowest BCUT2D eigenvalue weighted by molar-refractivity contribution is -0.125. The maximum absolute atomic E-state index is 14.9. The second-order valence-electron chi connectivity index (χ2n) is 9.02. The van der Waals surface area contributed by atoms with E-state index in [4.69, 9.17) is 9.84 Å². The molecule has 1 fully saturated rings. The van der Waals surface area contributed by atoms with Gasteiger partial charge < -0.3 is 20.5 Å². The fourth-order valence-corrected chi connectivity index (χ4v) is 4.20. The highest BCUT2D eigenvalue weighted by Gasteiger charge is 2.46. The molecule has 4 rings (SSSR count). The molecular formula is C26H25F4N5O4. The molecule has 2 amide bonds. The van der Waals surface area contributed by atoms with E-state index in [2.05, 4.69) is 20.6 Å². The Hall–Kier alpha value is -4.26. The minimum absolute atomic E-state index is 0.0139. The van der Waals surface area contributed by atoms with Crippen LogP contribution < -0.4 is 15.4 Å². The summed E-state index contributed by atoms with van der Waals surface area (Å²) in [6.07, 6.45) is 0.878. The standard InChI is InChI=1S/C26H25F4N5O4/c1-15(24(36)34-23-5-3-19(13-32-23)39-22-4-2-17(27)11-21(22)28)35-9-7-26(29,30)20(14-35)16-6-8-31-18(10-16)12-33-25(37)38/h2-6,8,10-11,13,15,20,33H,7,9,12,14H2,1H3,(H,37,38)(H,32,34,36). The highest BCUT2D eigenvalue weighted by atomic mass is 19.3. The van der Waals surface area contributed by atoms with Crippen molar-refractivity contribution in [2.75, 3.05) is 18.4 Å². The van der Waals surface area contributed by atoms with Gasteiger partial charge >= 0.3 is 6.09 Å². The smallest absolute Gasteiger partial charge is 0.404 e. The van der Waals surface area contributed by atoms with Crippen molar-refractivity contribution in [2.45, 2.75) is 37.8 Å². The first-order valence-corrected chi connectivity index (χ1v) is 11.9. The van der Waals surface area contributed by atoms with E-state index < -0.39 is 47.9 Å². The molecule has 3 N–H and O–H groups in total. The number of benzene rings is 1. The summed E-state index contributed by atoms with van der Waals surface area (Å²) in [4.78, 5) is 33.4. The van der Waals surface area contributed by atoms with Crippen LogP contribution in [0.1, 0.15) is 30.5 Å². The third-order valence-electron chi connectivity index (χ3n) is 6.36. The Morgan fingerprint density at radius 2 is 1.97 bits per heavy atom. The Morgan fingerprint density at radius 3 is 2.67 bits per heavy atom. The number of nitrogens with zero attached hydrogens (tertiary/aromatic N) is 3. The number of nitrogens with one attached hydrogen (secondary N) is 2. The largest absolute Gasteiger partial charge is 0.465 e. The fraction of sp³-hybridized carbons (Fsp3) is 0.308. The normalized spacial score (nSPS) is 17.7. The lowest BCUT2D eigenvalue weighted by atomic mass is 9.86. The van der Waals surface area contributed by atoms with Crippen LogP contribution in [-0.4, -0.2) is 57.0 Å². The summed E-state index contributed by atoms with van der Waals surface area (Å²) < 4.78 is 62.0. The lowest BCUT2D eigenvalue weighted by Crippen LogP contribution is -2.52. The molecule has 1 aliphatic rings. The van der Waals surface area contributed by atoms with E-state index >= 15 is 0 Å². The Balaban J connectivity index is 1.39. The molecule has 0 radical (unpaired) electrons. The van der Waals surface area contributed by atoms with E-state index in [1.54, 1.807) is 11.8 Å². The number of anilines is 1. The Labute approximate surface area is 220 Å². The average molecular weight is 548 g/mol. The zero-order chi connectivity index (χ0) is 28.2. The van der Waals surface area contributed by atoms with Gasteiger partial charge in [0.05, 0.1) is 30.4 Å². The molecule has 1 aliphatic heterocycles. The van der Waals surface area contributed by atoms with Gasteiger partial charge in [-0.25, -0.2) is 27.3 Å². The van der Waals surface area contributed by atoms with Crippen LogP contribution in [0.2, 0.25) is 0 Å². The number of amides is 2. The third-order valence-corrected chi connectivity index (χ3v) is 6.36. The number of piperidine rings is 1. The van der Waals surface area contributed by atoms with E-state index in [9.17, 15) is 27.2 Å². The summed E-state index contributed by atoms with van der Waals surface area (Å²) in [6.45, 7) is 1.35. The zero-order valence-electron chi connectivity index (χ0n) is 20.7. The maximum Gasteiger partial charge on any atom is 0.404 e. The van der Waals surface area contributed by atoms with Crippen LogP contribution in [-0.2, 0) is 11.3 Å². The van der Waals surface area contributed by atoms with E-state index in [1.807, 2.05) is 0 Å². The first-order valence-electron chi connectivity index (χ1n) is 11.9. The van der Waals surface area contributed by atoms with Crippen LogP contribution in [0.4, 0.5) is 28.2 Å². The van der Waals surface area contributed by atoms with Gasteiger partial charge in [-0.1, -0.05) is 0 Å². The first kappa shape index (κ1) is 27.8. The number of alkyl halides is 2. The van der Waals surface area contributed by atoms with Gasteiger partial charge in [0.2, 0.25) is 5.91 Å². The zero-order valence-corrected chi connectivity index (χ0v) is 20.7. The van der Waals surface area contributed by atoms with Gasteiger partial charge in [-0.2, -0.15) is 0 Å². The van der Waals surface area contributed by atoms with Crippen molar-refractivity contribution >= 4 is 17.8 Å². The van der Waals surface area contributed by atoms with E-state index in [-0.39, 0.29) is 37.0 Å². The second-order valence-corrected chi connectivity index (χ2v) is 9.02. The maximum atomic E-state index is 14.9. The van der Waals surface area contributed by atoms with Gasteiger partial charge in [0.25, 0.3) is 5.92 Å². The minimum atomic E-state index is -3.03. The molecule has 9 nitrogen and oxygen atoms in total. The minimum Gasteiger partial charge on any atom is -0.465 e. The SMILES string of the molecule is CC(C(=O)Nc1ccc(Oc2ccc(F)cc2F)cn1)N1CCC(F)(F)C(c2ccnc(CNC(=O)O)c2)C1. The molecule has 2 unspecified atom stereocenters. The topological polar surface area (TPSA) is 117 Å². The number of halogens is 4. The highest BCUT2D eigenvalue weighted by Crippen LogP contribution is 2.41. The number of pyridine rings is 2. The van der Waals surface area contributed by atoms with Crippen LogP contribution in [0, 0.1) is 11.6 Å². The van der Waals surface area contributed by atoms with Gasteiger partial charge in [0.15, 0.2) is 11.6 Å². The van der Waals surface area contributed by atoms with Crippen molar-refractivity contribution in [1.82, 2.24) is 20.2 Å². The van der Waals surface area contributed by atoms with E-state index in [1.165, 1.54) is 36.7 Å². The molecule has 0 bridgehead atoms. The number of aromatic nitrogens is 2. The van der Waals surface area contributed by atoms with Crippen molar-refractivity contribution in [1.29, 1.82) is 0 Å². The number of hydrogen-bond acceptors (Lipinski definition) is 6. The predicted octanol–water partition coefficient (Wildman–Crippen LogP) is 4.77. The number of ether oxygens (including phenoxy) is 1. The molecular weight excluding hydrogens is 522 g/mol. The number of carboxylic acid groups (broad SMARTS) is 1. The molecule has 206 valence electrons. The Bertz CT molecular complexity index is 1340. The molecule has 3 aromatic rings. The first-order chi connectivity index (χ1) is 18.5. The van der Waals surface area contributed by atoms with Gasteiger partial charge in [-0.05, 0) is 48.9 Å². The lowest BCUT2D eigenvalue weighted by Gasteiger charge is -2.40. The predicted molar refractivity (Wildman–Crippen MR) is 132 cm³/mol. The van der Waals surface area contributed by atoms with Crippen LogP contribution in [0.3, 0.4) is 0 Å². The summed E-state index contributed by atoms with van der Waals surface area (Å²) in [6, 6.07) is 7.86. The summed E-state index contributed by atoms with van der Waals surface area (Å²) in [5.41, 5.74) is 0.596. The number of carbonyl (C=O) groups is 2. The van der Waals surface area contributed by atoms with Crippen molar-refractivity contribution in [2.24, 2.45) is 0 Å². The monoisotopic (exact) mass is 547 g/mol. The fourth-order valence-electron chi connectivity index (χ4n) is 4.20. The van der Waals surface area contributed by atoms with E-state index in [0.717, 1.165) is 12.1 Å². The van der Waals surface area contributed by atoms with Crippen LogP contribution in [0.5, 0.6) is 11.5 Å². The number of rotatable bonds is 8. The number of carbonyl (C=O) groups excluding carboxylic acids is 1. The van der Waals surface area contributed by atoms with Crippen LogP contribution >= 0.6 is 0 Å². The third kappa shape index (κ3) is 6.99.